The number of benzene rings is 1. The van der Waals surface area contributed by atoms with E-state index >= 15 is 0 Å². The van der Waals surface area contributed by atoms with Gasteiger partial charge in [0.2, 0.25) is 0 Å². The maximum Gasteiger partial charge on any atom is 0.192 e. The molecule has 1 aliphatic heterocycles. The number of fused-ring (bicyclic) bond motifs is 1. The minimum Gasteiger partial charge on any atom is -0.499 e. The minimum absolute atomic E-state index is 0.193. The van der Waals surface area contributed by atoms with Crippen molar-refractivity contribution in [2.75, 3.05) is 21.3 Å². The maximum absolute atomic E-state index is 13.4. The predicted octanol–water partition coefficient (Wildman–Crippen LogP) is 2.49. The summed E-state index contributed by atoms with van der Waals surface area (Å²) in [5.41, 5.74) is 0.301. The fraction of sp³-hybridized carbons (Fsp3) is 0.412. The lowest BCUT2D eigenvalue weighted by atomic mass is 9.76. The lowest BCUT2D eigenvalue weighted by Gasteiger charge is -2.38. The van der Waals surface area contributed by atoms with E-state index in [0.717, 1.165) is 11.8 Å². The lowest BCUT2D eigenvalue weighted by molar-refractivity contribution is -0.126. The van der Waals surface area contributed by atoms with Crippen LogP contribution in [0.3, 0.4) is 0 Å². The Morgan fingerprint density at radius 3 is 2.36 bits per heavy atom. The number of hydrogen-bond acceptors (Lipinski definition) is 7. The first-order valence-corrected chi connectivity index (χ1v) is 8.69. The van der Waals surface area contributed by atoms with Gasteiger partial charge in [0.1, 0.15) is 28.1 Å². The maximum atomic E-state index is 13.4. The van der Waals surface area contributed by atoms with Gasteiger partial charge in [-0.05, 0) is 0 Å². The van der Waals surface area contributed by atoms with Crippen LogP contribution in [-0.4, -0.2) is 48.9 Å². The fourth-order valence-corrected chi connectivity index (χ4v) is 5.19. The Hall–Kier alpha value is -1.70. The molecule has 0 fully saturated rings. The zero-order valence-corrected chi connectivity index (χ0v) is 15.7. The minimum atomic E-state index is -1.31. The number of carbonyl (C=O) groups is 2. The third-order valence-corrected chi connectivity index (χ3v) is 6.86. The molecular formula is C17H17ClO6S. The summed E-state index contributed by atoms with van der Waals surface area (Å²) >= 11 is 7.56. The highest BCUT2D eigenvalue weighted by atomic mass is 35.5. The van der Waals surface area contributed by atoms with Crippen LogP contribution >= 0.6 is 23.4 Å². The van der Waals surface area contributed by atoms with Crippen LogP contribution < -0.4 is 9.47 Å². The molecule has 0 aromatic heterocycles. The number of ether oxygens (including phenoxy) is 3. The topological polar surface area (TPSA) is 82.1 Å². The van der Waals surface area contributed by atoms with E-state index in [1.54, 1.807) is 13.0 Å². The van der Waals surface area contributed by atoms with E-state index in [2.05, 4.69) is 0 Å². The summed E-state index contributed by atoms with van der Waals surface area (Å²) in [6, 6.07) is 1.55. The summed E-state index contributed by atoms with van der Waals surface area (Å²) in [4.78, 5) is 25.9. The van der Waals surface area contributed by atoms with Crippen molar-refractivity contribution < 1.29 is 28.9 Å². The Labute approximate surface area is 154 Å². The number of hydrogen-bond donors (Lipinski definition) is 1. The zero-order chi connectivity index (χ0) is 18.5. The van der Waals surface area contributed by atoms with Crippen LogP contribution in [0.25, 0.3) is 0 Å². The molecule has 1 aromatic carbocycles. The van der Waals surface area contributed by atoms with Crippen LogP contribution in [0, 0.1) is 5.92 Å². The van der Waals surface area contributed by atoms with Crippen molar-refractivity contribution in [3.05, 3.63) is 28.5 Å². The SMILES string of the molecule is COC1=CC(=O)C(O)C(C)C12Sc1c(Cl)c(OC)cc(OC)c1C2=O. The molecule has 1 heterocycles. The van der Waals surface area contributed by atoms with Crippen LogP contribution in [0.1, 0.15) is 17.3 Å². The van der Waals surface area contributed by atoms with Crippen molar-refractivity contribution in [2.24, 2.45) is 5.92 Å². The molecule has 0 saturated heterocycles. The number of methoxy groups -OCH3 is 3. The second kappa shape index (κ2) is 6.23. The van der Waals surface area contributed by atoms with E-state index in [4.69, 9.17) is 25.8 Å². The summed E-state index contributed by atoms with van der Waals surface area (Å²) in [6.07, 6.45) is -0.129. The normalized spacial score (nSPS) is 28.0. The van der Waals surface area contributed by atoms with Crippen LogP contribution in [0.2, 0.25) is 5.02 Å². The third-order valence-electron chi connectivity index (χ3n) is 4.68. The molecule has 0 saturated carbocycles. The van der Waals surface area contributed by atoms with Crippen LogP contribution in [0.4, 0.5) is 0 Å². The number of halogens is 1. The summed E-state index contributed by atoms with van der Waals surface area (Å²) in [7, 11) is 4.31. The summed E-state index contributed by atoms with van der Waals surface area (Å²) in [6.45, 7) is 1.64. The molecule has 0 radical (unpaired) electrons. The van der Waals surface area contributed by atoms with Crippen molar-refractivity contribution in [3.8, 4) is 11.5 Å². The molecular weight excluding hydrogens is 368 g/mol. The second-order valence-electron chi connectivity index (χ2n) is 5.81. The molecule has 3 rings (SSSR count). The Kier molecular flexibility index (Phi) is 4.51. The van der Waals surface area contributed by atoms with E-state index < -0.39 is 22.6 Å². The van der Waals surface area contributed by atoms with E-state index in [0.29, 0.717) is 22.0 Å². The number of aliphatic hydroxyl groups is 1. The van der Waals surface area contributed by atoms with Crippen molar-refractivity contribution in [1.82, 2.24) is 0 Å². The van der Waals surface area contributed by atoms with Crippen molar-refractivity contribution in [2.45, 2.75) is 22.7 Å². The first kappa shape index (κ1) is 18.1. The Balaban J connectivity index is 2.28. The number of thioether (sulfide) groups is 1. The highest BCUT2D eigenvalue weighted by Gasteiger charge is 2.60. The monoisotopic (exact) mass is 384 g/mol. The van der Waals surface area contributed by atoms with Gasteiger partial charge < -0.3 is 19.3 Å². The van der Waals surface area contributed by atoms with Crippen molar-refractivity contribution >= 4 is 34.9 Å². The van der Waals surface area contributed by atoms with E-state index in [9.17, 15) is 14.7 Å². The molecule has 1 N–H and O–H groups in total. The molecule has 3 unspecified atom stereocenters. The molecule has 25 heavy (non-hydrogen) atoms. The third kappa shape index (κ3) is 2.29. The van der Waals surface area contributed by atoms with Gasteiger partial charge in [0, 0.05) is 23.0 Å². The molecule has 0 amide bonds. The number of rotatable bonds is 3. The summed E-state index contributed by atoms with van der Waals surface area (Å²) in [5.74, 6) is -0.636. The first-order chi connectivity index (χ1) is 11.8. The largest absolute Gasteiger partial charge is 0.499 e. The molecule has 8 heteroatoms. The van der Waals surface area contributed by atoms with Gasteiger partial charge in [0.25, 0.3) is 0 Å². The number of Topliss-reactive ketones (excluding diaryl/α,β-unsaturated/α-hetero) is 1. The van der Waals surface area contributed by atoms with E-state index in [-0.39, 0.29) is 16.6 Å². The average molecular weight is 385 g/mol. The Morgan fingerprint density at radius 1 is 1.16 bits per heavy atom. The van der Waals surface area contributed by atoms with E-state index in [1.165, 1.54) is 27.4 Å². The van der Waals surface area contributed by atoms with Crippen LogP contribution in [-0.2, 0) is 9.53 Å². The van der Waals surface area contributed by atoms with E-state index in [1.807, 2.05) is 0 Å². The van der Waals surface area contributed by atoms with Gasteiger partial charge in [0.15, 0.2) is 11.6 Å². The van der Waals surface area contributed by atoms with Crippen molar-refractivity contribution in [1.29, 1.82) is 0 Å². The molecule has 0 bridgehead atoms. The standard InChI is InChI=1S/C17H17ClO6S/c1-7-14(20)8(19)5-11(24-4)17(7)16(21)12-9(22-2)6-10(23-3)13(18)15(12)25-17/h5-7,14,20H,1-4H3. The highest BCUT2D eigenvalue weighted by molar-refractivity contribution is 8.02. The molecule has 3 atom stereocenters. The molecule has 1 spiro atoms. The Morgan fingerprint density at radius 2 is 1.80 bits per heavy atom. The number of ketones is 2. The van der Waals surface area contributed by atoms with Gasteiger partial charge in [-0.1, -0.05) is 30.3 Å². The molecule has 134 valence electrons. The van der Waals surface area contributed by atoms with Crippen LogP contribution in [0.15, 0.2) is 22.8 Å². The van der Waals surface area contributed by atoms with Crippen LogP contribution in [0.5, 0.6) is 11.5 Å². The Bertz CT molecular complexity index is 805. The van der Waals surface area contributed by atoms with Gasteiger partial charge in [0.05, 0.1) is 31.9 Å². The number of aliphatic hydroxyl groups excluding tert-OH is 1. The second-order valence-corrected chi connectivity index (χ2v) is 7.45. The lowest BCUT2D eigenvalue weighted by Crippen LogP contribution is -2.51. The molecule has 6 nitrogen and oxygen atoms in total. The van der Waals surface area contributed by atoms with Crippen molar-refractivity contribution in [3.63, 3.8) is 0 Å². The summed E-state index contributed by atoms with van der Waals surface area (Å²) in [5, 5.41) is 10.6. The quantitative estimate of drug-likeness (QED) is 0.857. The summed E-state index contributed by atoms with van der Waals surface area (Å²) < 4.78 is 14.7. The zero-order valence-electron chi connectivity index (χ0n) is 14.1. The molecule has 2 aliphatic rings. The van der Waals surface area contributed by atoms with Gasteiger partial charge in [-0.25, -0.2) is 0 Å². The van der Waals surface area contributed by atoms with Gasteiger partial charge >= 0.3 is 0 Å². The first-order valence-electron chi connectivity index (χ1n) is 7.49. The molecule has 1 aromatic rings. The van der Waals surface area contributed by atoms with Gasteiger partial charge in [-0.2, -0.15) is 0 Å². The predicted molar refractivity (Wildman–Crippen MR) is 92.7 cm³/mol. The average Bonchev–Trinajstić information content (AvgIpc) is 2.92. The van der Waals surface area contributed by atoms with Gasteiger partial charge in [-0.15, -0.1) is 0 Å². The number of carbonyl (C=O) groups excluding carboxylic acids is 2. The molecule has 1 aliphatic carbocycles. The fourth-order valence-electron chi connectivity index (χ4n) is 3.29. The highest BCUT2D eigenvalue weighted by Crippen LogP contribution is 2.60. The van der Waals surface area contributed by atoms with Gasteiger partial charge in [-0.3, -0.25) is 9.59 Å². The smallest absolute Gasteiger partial charge is 0.192 e.